The van der Waals surface area contributed by atoms with Crippen LogP contribution in [-0.4, -0.2) is 76.1 Å². The van der Waals surface area contributed by atoms with E-state index in [9.17, 15) is 0 Å². The van der Waals surface area contributed by atoms with Crippen LogP contribution in [0.4, 0.5) is 0 Å². The molecule has 2 heterocycles. The minimum absolute atomic E-state index is 0.0590. The van der Waals surface area contributed by atoms with E-state index in [1.54, 1.807) is 0 Å². The summed E-state index contributed by atoms with van der Waals surface area (Å²) in [5.74, 6) is 1.49. The number of guanidine groups is 1. The van der Waals surface area contributed by atoms with E-state index in [1.165, 1.54) is 5.56 Å². The number of benzene rings is 1. The fourth-order valence-electron chi connectivity index (χ4n) is 4.56. The van der Waals surface area contributed by atoms with Crippen LogP contribution in [-0.2, 0) is 14.9 Å². The predicted octanol–water partition coefficient (Wildman–Crippen LogP) is 2.65. The molecule has 1 aromatic rings. The van der Waals surface area contributed by atoms with Gasteiger partial charge in [-0.3, -0.25) is 9.89 Å². The van der Waals surface area contributed by atoms with E-state index in [0.29, 0.717) is 12.0 Å². The van der Waals surface area contributed by atoms with Crippen molar-refractivity contribution < 1.29 is 9.47 Å². The Hall–Kier alpha value is -1.63. The number of nitrogens with zero attached hydrogens (tertiary/aromatic N) is 2. The molecule has 0 radical (unpaired) electrons. The third-order valence-electron chi connectivity index (χ3n) is 6.48. The van der Waals surface area contributed by atoms with Crippen LogP contribution in [0.2, 0.25) is 0 Å². The van der Waals surface area contributed by atoms with Gasteiger partial charge in [-0.15, -0.1) is 0 Å². The Bertz CT molecular complexity index is 638. The molecule has 1 atom stereocenters. The summed E-state index contributed by atoms with van der Waals surface area (Å²) in [4.78, 5) is 7.61. The lowest BCUT2D eigenvalue weighted by atomic mass is 9.74. The van der Waals surface area contributed by atoms with Crippen LogP contribution in [0.1, 0.15) is 39.2 Å². The second-order valence-corrected chi connectivity index (χ2v) is 8.79. The number of hydrogen-bond donors (Lipinski definition) is 2. The first-order valence-corrected chi connectivity index (χ1v) is 11.6. The summed E-state index contributed by atoms with van der Waals surface area (Å²) in [5, 5.41) is 7.09. The Morgan fingerprint density at radius 1 is 1.03 bits per heavy atom. The summed E-state index contributed by atoms with van der Waals surface area (Å²) in [6.45, 7) is 14.6. The molecule has 3 rings (SSSR count). The van der Waals surface area contributed by atoms with Gasteiger partial charge in [-0.2, -0.15) is 0 Å². The summed E-state index contributed by atoms with van der Waals surface area (Å²) in [6.07, 6.45) is 2.03. The molecule has 2 aliphatic heterocycles. The molecule has 0 aliphatic carbocycles. The van der Waals surface area contributed by atoms with Gasteiger partial charge in [-0.05, 0) is 31.2 Å². The van der Waals surface area contributed by atoms with Crippen LogP contribution in [0, 0.1) is 5.92 Å². The smallest absolute Gasteiger partial charge is 0.191 e. The number of hydrogen-bond acceptors (Lipinski definition) is 4. The van der Waals surface area contributed by atoms with Crippen molar-refractivity contribution in [2.24, 2.45) is 10.9 Å². The zero-order valence-electron chi connectivity index (χ0n) is 19.0. The second-order valence-electron chi connectivity index (χ2n) is 8.79. The summed E-state index contributed by atoms with van der Waals surface area (Å²) < 4.78 is 11.2. The fraction of sp³-hybridized carbons (Fsp3) is 0.708. The zero-order chi connectivity index (χ0) is 21.2. The Balaban J connectivity index is 1.69. The van der Waals surface area contributed by atoms with Crippen molar-refractivity contribution in [1.29, 1.82) is 0 Å². The van der Waals surface area contributed by atoms with Crippen molar-refractivity contribution in [1.82, 2.24) is 15.5 Å². The molecule has 0 spiro atoms. The number of morpholine rings is 1. The highest BCUT2D eigenvalue weighted by Gasteiger charge is 2.34. The first-order valence-electron chi connectivity index (χ1n) is 11.6. The van der Waals surface area contributed by atoms with Crippen LogP contribution < -0.4 is 10.6 Å². The maximum atomic E-state index is 5.68. The van der Waals surface area contributed by atoms with Gasteiger partial charge in [0.15, 0.2) is 5.96 Å². The van der Waals surface area contributed by atoms with Gasteiger partial charge in [0, 0.05) is 50.8 Å². The molecule has 30 heavy (non-hydrogen) atoms. The molecule has 6 heteroatoms. The lowest BCUT2D eigenvalue weighted by Crippen LogP contribution is -2.52. The monoisotopic (exact) mass is 416 g/mol. The predicted molar refractivity (Wildman–Crippen MR) is 123 cm³/mol. The minimum atomic E-state index is 0.0590. The molecular formula is C24H40N4O2. The third kappa shape index (κ3) is 6.19. The molecule has 1 aromatic carbocycles. The summed E-state index contributed by atoms with van der Waals surface area (Å²) in [7, 11) is 0. The summed E-state index contributed by atoms with van der Waals surface area (Å²) in [5.41, 5.74) is 1.44. The first-order chi connectivity index (χ1) is 14.6. The molecule has 0 saturated carbocycles. The van der Waals surface area contributed by atoms with Gasteiger partial charge >= 0.3 is 0 Å². The van der Waals surface area contributed by atoms with Crippen molar-refractivity contribution in [2.75, 3.05) is 59.2 Å². The number of rotatable bonds is 8. The van der Waals surface area contributed by atoms with Crippen LogP contribution in [0.25, 0.3) is 0 Å². The first kappa shape index (κ1) is 23.0. The third-order valence-corrected chi connectivity index (χ3v) is 6.48. The molecule has 2 aliphatic rings. The lowest BCUT2D eigenvalue weighted by Gasteiger charge is -2.38. The van der Waals surface area contributed by atoms with Gasteiger partial charge < -0.3 is 20.1 Å². The van der Waals surface area contributed by atoms with E-state index in [0.717, 1.165) is 78.0 Å². The molecule has 2 N–H and O–H groups in total. The highest BCUT2D eigenvalue weighted by atomic mass is 16.5. The van der Waals surface area contributed by atoms with Crippen LogP contribution >= 0.6 is 0 Å². The SMILES string of the molecule is CCNC(=NCC1(c2ccccc2)CCOCC1)NCC(C(C)C)N1CCOCC1. The Morgan fingerprint density at radius 3 is 2.33 bits per heavy atom. The van der Waals surface area contributed by atoms with Crippen LogP contribution in [0.5, 0.6) is 0 Å². The van der Waals surface area contributed by atoms with Crippen molar-refractivity contribution in [3.05, 3.63) is 35.9 Å². The summed E-state index contributed by atoms with van der Waals surface area (Å²) >= 11 is 0. The normalized spacial score (nSPS) is 21.4. The zero-order valence-corrected chi connectivity index (χ0v) is 19.0. The quantitative estimate of drug-likeness (QED) is 0.504. The number of ether oxygens (including phenoxy) is 2. The maximum absolute atomic E-state index is 5.68. The molecule has 1 unspecified atom stereocenters. The largest absolute Gasteiger partial charge is 0.381 e. The molecule has 6 nitrogen and oxygen atoms in total. The second kappa shape index (κ2) is 11.7. The van der Waals surface area contributed by atoms with Gasteiger partial charge in [0.25, 0.3) is 0 Å². The highest BCUT2D eigenvalue weighted by molar-refractivity contribution is 5.79. The van der Waals surface area contributed by atoms with Crippen molar-refractivity contribution in [2.45, 2.75) is 45.1 Å². The Labute approximate surface area is 182 Å². The average Bonchev–Trinajstić information content (AvgIpc) is 2.79. The molecule has 0 aromatic heterocycles. The molecular weight excluding hydrogens is 376 g/mol. The standard InChI is InChI=1S/C24H40N4O2/c1-4-25-23(26-18-22(20(2)3)28-12-16-30-17-13-28)27-19-24(10-14-29-15-11-24)21-8-6-5-7-9-21/h5-9,20,22H,4,10-19H2,1-3H3,(H2,25,26,27). The van der Waals surface area contributed by atoms with E-state index in [1.807, 2.05) is 0 Å². The number of nitrogens with one attached hydrogen (secondary N) is 2. The Kier molecular flexibility index (Phi) is 8.97. The van der Waals surface area contributed by atoms with E-state index < -0.39 is 0 Å². The van der Waals surface area contributed by atoms with Gasteiger partial charge in [0.05, 0.1) is 19.8 Å². The fourth-order valence-corrected chi connectivity index (χ4v) is 4.56. The van der Waals surface area contributed by atoms with Crippen LogP contribution in [0.15, 0.2) is 35.3 Å². The van der Waals surface area contributed by atoms with E-state index in [2.05, 4.69) is 66.6 Å². The van der Waals surface area contributed by atoms with E-state index >= 15 is 0 Å². The average molecular weight is 417 g/mol. The van der Waals surface area contributed by atoms with Gasteiger partial charge in [-0.25, -0.2) is 0 Å². The summed E-state index contributed by atoms with van der Waals surface area (Å²) in [6, 6.07) is 11.3. The lowest BCUT2D eigenvalue weighted by molar-refractivity contribution is 0.00751. The maximum Gasteiger partial charge on any atom is 0.191 e. The van der Waals surface area contributed by atoms with Gasteiger partial charge in [-0.1, -0.05) is 44.2 Å². The minimum Gasteiger partial charge on any atom is -0.381 e. The van der Waals surface area contributed by atoms with Crippen molar-refractivity contribution in [3.63, 3.8) is 0 Å². The molecule has 168 valence electrons. The Morgan fingerprint density at radius 2 is 1.70 bits per heavy atom. The highest BCUT2D eigenvalue weighted by Crippen LogP contribution is 2.35. The van der Waals surface area contributed by atoms with Crippen LogP contribution in [0.3, 0.4) is 0 Å². The van der Waals surface area contributed by atoms with E-state index in [4.69, 9.17) is 14.5 Å². The van der Waals surface area contributed by atoms with Crippen molar-refractivity contribution in [3.8, 4) is 0 Å². The van der Waals surface area contributed by atoms with Crippen molar-refractivity contribution >= 4 is 5.96 Å². The molecule has 0 amide bonds. The van der Waals surface area contributed by atoms with E-state index in [-0.39, 0.29) is 5.41 Å². The molecule has 2 saturated heterocycles. The molecule has 2 fully saturated rings. The number of aliphatic imine (C=N–C) groups is 1. The molecule has 0 bridgehead atoms. The topological polar surface area (TPSA) is 58.1 Å². The van der Waals surface area contributed by atoms with Gasteiger partial charge in [0.2, 0.25) is 0 Å². The van der Waals surface area contributed by atoms with Gasteiger partial charge in [0.1, 0.15) is 0 Å².